The lowest BCUT2D eigenvalue weighted by atomic mass is 9.97. The Morgan fingerprint density at radius 2 is 2.42 bits per heavy atom. The molecule has 2 heterocycles. The Morgan fingerprint density at radius 3 is 3.17 bits per heavy atom. The topological polar surface area (TPSA) is 32.3 Å². The number of nitrogens with zero attached hydrogens (tertiary/aromatic N) is 1. The van der Waals surface area contributed by atoms with Gasteiger partial charge in [0.1, 0.15) is 0 Å². The van der Waals surface area contributed by atoms with E-state index < -0.39 is 0 Å². The van der Waals surface area contributed by atoms with Crippen LogP contribution in [-0.2, 0) is 0 Å². The predicted molar refractivity (Wildman–Crippen MR) is 50.4 cm³/mol. The molecule has 2 aliphatic heterocycles. The van der Waals surface area contributed by atoms with Gasteiger partial charge in [-0.3, -0.25) is 0 Å². The Bertz CT molecular complexity index is 209. The van der Waals surface area contributed by atoms with Crippen LogP contribution in [0.15, 0.2) is 0 Å². The molecule has 0 aromatic rings. The monoisotopic (exact) mass is 186 g/mol. The molecule has 0 aromatic heterocycles. The first-order valence-corrected chi connectivity index (χ1v) is 5.37. The van der Waals surface area contributed by atoms with Crippen molar-refractivity contribution in [2.45, 2.75) is 18.2 Å². The van der Waals surface area contributed by atoms with Crippen LogP contribution in [0.3, 0.4) is 0 Å². The second-order valence-corrected chi connectivity index (χ2v) is 5.00. The maximum absolute atomic E-state index is 11.3. The van der Waals surface area contributed by atoms with Crippen molar-refractivity contribution in [1.82, 2.24) is 10.2 Å². The summed E-state index contributed by atoms with van der Waals surface area (Å²) in [7, 11) is 1.90. The number of urea groups is 1. The van der Waals surface area contributed by atoms with Crippen LogP contribution >= 0.6 is 11.8 Å². The summed E-state index contributed by atoms with van der Waals surface area (Å²) in [5, 5.41) is 3.50. The van der Waals surface area contributed by atoms with E-state index in [1.54, 1.807) is 0 Å². The second kappa shape index (κ2) is 2.83. The first-order chi connectivity index (χ1) is 5.70. The summed E-state index contributed by atoms with van der Waals surface area (Å²) in [5.74, 6) is 1.85. The van der Waals surface area contributed by atoms with Crippen LogP contribution in [0.25, 0.3) is 0 Å². The van der Waals surface area contributed by atoms with E-state index in [2.05, 4.69) is 12.2 Å². The first kappa shape index (κ1) is 8.23. The van der Waals surface area contributed by atoms with E-state index in [1.165, 1.54) is 5.75 Å². The summed E-state index contributed by atoms with van der Waals surface area (Å²) in [5.41, 5.74) is 0. The molecule has 2 rings (SSSR count). The number of nitrogens with one attached hydrogen (secondary N) is 1. The van der Waals surface area contributed by atoms with Gasteiger partial charge in [-0.2, -0.15) is 11.8 Å². The Morgan fingerprint density at radius 1 is 1.67 bits per heavy atom. The van der Waals surface area contributed by atoms with Crippen LogP contribution in [0.2, 0.25) is 0 Å². The minimum Gasteiger partial charge on any atom is -0.338 e. The van der Waals surface area contributed by atoms with E-state index in [9.17, 15) is 4.79 Å². The van der Waals surface area contributed by atoms with Gasteiger partial charge in [0.15, 0.2) is 0 Å². The lowest BCUT2D eigenvalue weighted by Gasteiger charge is -2.36. The molecular formula is C8H14N2OS. The molecule has 2 amide bonds. The van der Waals surface area contributed by atoms with Crippen LogP contribution in [0.5, 0.6) is 0 Å². The van der Waals surface area contributed by atoms with E-state index in [1.807, 2.05) is 23.7 Å². The van der Waals surface area contributed by atoms with E-state index in [0.29, 0.717) is 17.2 Å². The summed E-state index contributed by atoms with van der Waals surface area (Å²) in [6.07, 6.45) is 0. The van der Waals surface area contributed by atoms with Crippen LogP contribution in [0.1, 0.15) is 6.92 Å². The van der Waals surface area contributed by atoms with Crippen LogP contribution in [0.4, 0.5) is 4.79 Å². The molecule has 0 bridgehead atoms. The molecular weight excluding hydrogens is 172 g/mol. The molecule has 2 fully saturated rings. The zero-order valence-corrected chi connectivity index (χ0v) is 8.23. The van der Waals surface area contributed by atoms with Crippen molar-refractivity contribution in [2.24, 2.45) is 5.92 Å². The average molecular weight is 186 g/mol. The number of carbonyl (C=O) groups is 1. The lowest BCUT2D eigenvalue weighted by molar-refractivity contribution is 0.151. The SMILES string of the molecule is C[C@@H]1SC[C@@H]2CNC(=O)N(C)[C@@H]21. The largest absolute Gasteiger partial charge is 0.338 e. The molecule has 12 heavy (non-hydrogen) atoms. The van der Waals surface area contributed by atoms with Gasteiger partial charge >= 0.3 is 6.03 Å². The maximum Gasteiger partial charge on any atom is 0.317 e. The van der Waals surface area contributed by atoms with Gasteiger partial charge in [0.05, 0.1) is 0 Å². The Balaban J connectivity index is 2.16. The van der Waals surface area contributed by atoms with E-state index in [-0.39, 0.29) is 6.03 Å². The van der Waals surface area contributed by atoms with Crippen molar-refractivity contribution in [3.8, 4) is 0 Å². The molecule has 0 aliphatic carbocycles. The van der Waals surface area contributed by atoms with Crippen molar-refractivity contribution >= 4 is 17.8 Å². The Labute approximate surface area is 76.9 Å². The quantitative estimate of drug-likeness (QED) is 0.606. The van der Waals surface area contributed by atoms with Gasteiger partial charge in [-0.15, -0.1) is 0 Å². The molecule has 3 atom stereocenters. The highest BCUT2D eigenvalue weighted by molar-refractivity contribution is 8.00. The molecule has 3 nitrogen and oxygen atoms in total. The summed E-state index contributed by atoms with van der Waals surface area (Å²) in [6, 6.07) is 0.550. The lowest BCUT2D eigenvalue weighted by Crippen LogP contribution is -2.56. The van der Waals surface area contributed by atoms with Crippen LogP contribution < -0.4 is 5.32 Å². The highest BCUT2D eigenvalue weighted by Gasteiger charge is 2.41. The molecule has 4 heteroatoms. The third-order valence-electron chi connectivity index (χ3n) is 2.82. The van der Waals surface area contributed by atoms with Crippen LogP contribution in [0, 0.1) is 5.92 Å². The average Bonchev–Trinajstić information content (AvgIpc) is 2.41. The molecule has 2 saturated heterocycles. The molecule has 0 spiro atoms. The smallest absolute Gasteiger partial charge is 0.317 e. The van der Waals surface area contributed by atoms with Gasteiger partial charge in [0.25, 0.3) is 0 Å². The van der Waals surface area contributed by atoms with E-state index >= 15 is 0 Å². The van der Waals surface area contributed by atoms with Gasteiger partial charge < -0.3 is 10.2 Å². The third kappa shape index (κ3) is 1.09. The first-order valence-electron chi connectivity index (χ1n) is 4.32. The maximum atomic E-state index is 11.3. The van der Waals surface area contributed by atoms with Crippen molar-refractivity contribution in [3.05, 3.63) is 0 Å². The fraction of sp³-hybridized carbons (Fsp3) is 0.875. The summed E-state index contributed by atoms with van der Waals surface area (Å²) >= 11 is 1.97. The van der Waals surface area contributed by atoms with E-state index in [4.69, 9.17) is 0 Å². The number of hydrogen-bond acceptors (Lipinski definition) is 2. The molecule has 0 saturated carbocycles. The Hall–Kier alpha value is -0.380. The van der Waals surface area contributed by atoms with Gasteiger partial charge in [0.2, 0.25) is 0 Å². The fourth-order valence-corrected chi connectivity index (χ4v) is 3.61. The number of thioether (sulfide) groups is 1. The highest BCUT2D eigenvalue weighted by Crippen LogP contribution is 2.35. The van der Waals surface area contributed by atoms with Crippen molar-refractivity contribution in [1.29, 1.82) is 0 Å². The van der Waals surface area contributed by atoms with Gasteiger partial charge in [-0.05, 0) is 0 Å². The number of fused-ring (bicyclic) bond motifs is 1. The zero-order valence-electron chi connectivity index (χ0n) is 7.41. The fourth-order valence-electron chi connectivity index (χ4n) is 2.15. The summed E-state index contributed by atoms with van der Waals surface area (Å²) < 4.78 is 0. The number of amides is 2. The standard InChI is InChI=1S/C8H14N2OS/c1-5-7-6(4-12-5)3-9-8(11)10(7)2/h5-7H,3-4H2,1-2H3,(H,9,11)/t5-,6-,7+/m0/s1. The van der Waals surface area contributed by atoms with Crippen LogP contribution in [-0.4, -0.2) is 41.6 Å². The zero-order chi connectivity index (χ0) is 8.72. The van der Waals surface area contributed by atoms with Crippen molar-refractivity contribution < 1.29 is 4.79 Å². The Kier molecular flexibility index (Phi) is 1.94. The van der Waals surface area contributed by atoms with Gasteiger partial charge in [0, 0.05) is 36.6 Å². The van der Waals surface area contributed by atoms with Gasteiger partial charge in [-0.25, -0.2) is 4.79 Å². The molecule has 0 aromatic carbocycles. The van der Waals surface area contributed by atoms with Crippen molar-refractivity contribution in [3.63, 3.8) is 0 Å². The number of carbonyl (C=O) groups excluding carboxylic acids is 1. The molecule has 0 unspecified atom stereocenters. The molecule has 2 aliphatic rings. The predicted octanol–water partition coefficient (Wildman–Crippen LogP) is 0.761. The molecule has 0 radical (unpaired) electrons. The van der Waals surface area contributed by atoms with Crippen molar-refractivity contribution in [2.75, 3.05) is 19.3 Å². The van der Waals surface area contributed by atoms with E-state index in [0.717, 1.165) is 6.54 Å². The number of hydrogen-bond donors (Lipinski definition) is 1. The molecule has 68 valence electrons. The normalized spacial score (nSPS) is 41.0. The summed E-state index contributed by atoms with van der Waals surface area (Å²) in [4.78, 5) is 13.1. The molecule has 1 N–H and O–H groups in total. The van der Waals surface area contributed by atoms with Gasteiger partial charge in [-0.1, -0.05) is 6.92 Å². The highest BCUT2D eigenvalue weighted by atomic mass is 32.2. The minimum atomic E-state index is 0.0885. The minimum absolute atomic E-state index is 0.0885. The summed E-state index contributed by atoms with van der Waals surface area (Å²) in [6.45, 7) is 3.08. The third-order valence-corrected chi connectivity index (χ3v) is 4.25. The number of rotatable bonds is 0. The second-order valence-electron chi connectivity index (χ2n) is 3.59.